The first-order valence-corrected chi connectivity index (χ1v) is 9.48. The molecule has 2 aromatic rings. The van der Waals surface area contributed by atoms with E-state index in [0.29, 0.717) is 16.0 Å². The zero-order valence-corrected chi connectivity index (χ0v) is 16.7. The molecule has 142 valence electrons. The summed E-state index contributed by atoms with van der Waals surface area (Å²) in [5.41, 5.74) is 9.80. The number of thioether (sulfide) groups is 1. The minimum Gasteiger partial charge on any atom is -0.457 e. The van der Waals surface area contributed by atoms with Crippen LogP contribution in [0.1, 0.15) is 49.9 Å². The molecular formula is C21H23NO4S. The van der Waals surface area contributed by atoms with Gasteiger partial charge in [-0.1, -0.05) is 18.2 Å². The first kappa shape index (κ1) is 20.7. The van der Waals surface area contributed by atoms with E-state index in [4.69, 9.17) is 10.5 Å². The normalized spacial score (nSPS) is 10.5. The lowest BCUT2D eigenvalue weighted by atomic mass is 9.92. The summed E-state index contributed by atoms with van der Waals surface area (Å²) < 4.78 is 5.52. The van der Waals surface area contributed by atoms with Crippen LogP contribution in [0.3, 0.4) is 0 Å². The molecule has 0 fully saturated rings. The molecule has 0 radical (unpaired) electrons. The number of hydrogen-bond acceptors (Lipinski definition) is 5. The van der Waals surface area contributed by atoms with Gasteiger partial charge < -0.3 is 10.5 Å². The predicted octanol–water partition coefficient (Wildman–Crippen LogP) is 3.75. The Morgan fingerprint density at radius 2 is 1.74 bits per heavy atom. The minimum absolute atomic E-state index is 0.00854. The van der Waals surface area contributed by atoms with Gasteiger partial charge in [-0.25, -0.2) is 4.79 Å². The molecule has 0 aromatic heterocycles. The Labute approximate surface area is 163 Å². The van der Waals surface area contributed by atoms with Crippen LogP contribution in [0.2, 0.25) is 0 Å². The van der Waals surface area contributed by atoms with Gasteiger partial charge in [-0.15, -0.1) is 11.8 Å². The second-order valence-corrected chi connectivity index (χ2v) is 7.39. The van der Waals surface area contributed by atoms with Crippen molar-refractivity contribution < 1.29 is 19.1 Å². The van der Waals surface area contributed by atoms with Crippen LogP contribution in [0.4, 0.5) is 0 Å². The second-order valence-electron chi connectivity index (χ2n) is 6.37. The molecule has 27 heavy (non-hydrogen) atoms. The van der Waals surface area contributed by atoms with E-state index >= 15 is 0 Å². The van der Waals surface area contributed by atoms with Crippen LogP contribution in [-0.4, -0.2) is 23.4 Å². The van der Waals surface area contributed by atoms with Gasteiger partial charge in [-0.3, -0.25) is 9.59 Å². The smallest absolute Gasteiger partial charge is 0.339 e. The number of rotatable bonds is 7. The molecule has 0 bridgehead atoms. The molecule has 2 rings (SSSR count). The fraction of sp³-hybridized carbons (Fsp3) is 0.286. The SMILES string of the molecule is CC(=O)c1c(C)cc(C)c(COC(=O)c2ccccc2SCC(N)=O)c1C. The van der Waals surface area contributed by atoms with Crippen molar-refractivity contribution in [3.8, 4) is 0 Å². The van der Waals surface area contributed by atoms with Crippen LogP contribution in [0, 0.1) is 20.8 Å². The van der Waals surface area contributed by atoms with Gasteiger partial charge >= 0.3 is 5.97 Å². The van der Waals surface area contributed by atoms with E-state index in [9.17, 15) is 14.4 Å². The zero-order valence-electron chi connectivity index (χ0n) is 15.9. The number of esters is 1. The Hall–Kier alpha value is -2.60. The topological polar surface area (TPSA) is 86.5 Å². The standard InChI is InChI=1S/C21H23NO4S/c1-12-9-13(2)20(15(4)23)14(3)17(12)10-26-21(25)16-7-5-6-8-18(16)27-11-19(22)24/h5-9H,10-11H2,1-4H3,(H2,22,24). The van der Waals surface area contributed by atoms with Gasteiger partial charge in [-0.2, -0.15) is 0 Å². The molecule has 0 saturated carbocycles. The number of aryl methyl sites for hydroxylation is 2. The summed E-state index contributed by atoms with van der Waals surface area (Å²) in [7, 11) is 0. The Morgan fingerprint density at radius 1 is 1.07 bits per heavy atom. The van der Waals surface area contributed by atoms with Crippen LogP contribution in [0.25, 0.3) is 0 Å². The van der Waals surface area contributed by atoms with E-state index in [1.165, 1.54) is 18.7 Å². The van der Waals surface area contributed by atoms with Crippen molar-refractivity contribution >= 4 is 29.4 Å². The maximum Gasteiger partial charge on any atom is 0.339 e. The van der Waals surface area contributed by atoms with Crippen molar-refractivity contribution in [2.24, 2.45) is 5.73 Å². The lowest BCUT2D eigenvalue weighted by Crippen LogP contribution is -2.14. The molecule has 5 nitrogen and oxygen atoms in total. The van der Waals surface area contributed by atoms with E-state index in [2.05, 4.69) is 0 Å². The van der Waals surface area contributed by atoms with Crippen LogP contribution in [-0.2, 0) is 16.1 Å². The maximum absolute atomic E-state index is 12.6. The number of ether oxygens (including phenoxy) is 1. The van der Waals surface area contributed by atoms with E-state index < -0.39 is 11.9 Å². The van der Waals surface area contributed by atoms with Crippen LogP contribution in [0.5, 0.6) is 0 Å². The van der Waals surface area contributed by atoms with Crippen molar-refractivity contribution in [3.63, 3.8) is 0 Å². The van der Waals surface area contributed by atoms with Crippen LogP contribution >= 0.6 is 11.8 Å². The molecule has 0 aliphatic heterocycles. The number of hydrogen-bond donors (Lipinski definition) is 1. The van der Waals surface area contributed by atoms with Gasteiger partial charge in [-0.05, 0) is 62.1 Å². The Morgan fingerprint density at radius 3 is 2.37 bits per heavy atom. The van der Waals surface area contributed by atoms with Crippen molar-refractivity contribution in [3.05, 3.63) is 63.7 Å². The number of benzene rings is 2. The van der Waals surface area contributed by atoms with Gasteiger partial charge in [0.25, 0.3) is 0 Å². The van der Waals surface area contributed by atoms with Crippen LogP contribution in [0.15, 0.2) is 35.2 Å². The van der Waals surface area contributed by atoms with Crippen molar-refractivity contribution in [2.45, 2.75) is 39.2 Å². The predicted molar refractivity (Wildman–Crippen MR) is 106 cm³/mol. The number of nitrogens with two attached hydrogens (primary N) is 1. The summed E-state index contributed by atoms with van der Waals surface area (Å²) in [6, 6.07) is 8.86. The molecular weight excluding hydrogens is 362 g/mol. The van der Waals surface area contributed by atoms with E-state index in [1.54, 1.807) is 24.3 Å². The highest BCUT2D eigenvalue weighted by Gasteiger charge is 2.18. The quantitative estimate of drug-likeness (QED) is 0.446. The van der Waals surface area contributed by atoms with E-state index in [-0.39, 0.29) is 18.1 Å². The van der Waals surface area contributed by atoms with Crippen molar-refractivity contribution in [1.29, 1.82) is 0 Å². The average molecular weight is 385 g/mol. The molecule has 2 N–H and O–H groups in total. The van der Waals surface area contributed by atoms with E-state index in [1.807, 2.05) is 26.8 Å². The third kappa shape index (κ3) is 4.98. The average Bonchev–Trinajstić information content (AvgIpc) is 2.59. The fourth-order valence-corrected chi connectivity index (χ4v) is 3.90. The minimum atomic E-state index is -0.480. The summed E-state index contributed by atoms with van der Waals surface area (Å²) in [5, 5.41) is 0. The summed E-state index contributed by atoms with van der Waals surface area (Å²) in [5.74, 6) is -0.856. The first-order valence-electron chi connectivity index (χ1n) is 8.50. The Balaban J connectivity index is 2.23. The Kier molecular flexibility index (Phi) is 6.80. The van der Waals surface area contributed by atoms with Gasteiger partial charge in [0.1, 0.15) is 6.61 Å². The summed E-state index contributed by atoms with van der Waals surface area (Å²) in [6.45, 7) is 7.32. The molecule has 6 heteroatoms. The number of carbonyl (C=O) groups excluding carboxylic acids is 3. The highest BCUT2D eigenvalue weighted by Crippen LogP contribution is 2.26. The molecule has 0 heterocycles. The lowest BCUT2D eigenvalue weighted by molar-refractivity contribution is -0.115. The molecule has 0 saturated heterocycles. The maximum atomic E-state index is 12.6. The van der Waals surface area contributed by atoms with Gasteiger partial charge in [0.2, 0.25) is 5.91 Å². The van der Waals surface area contributed by atoms with Gasteiger partial charge in [0.05, 0.1) is 11.3 Å². The summed E-state index contributed by atoms with van der Waals surface area (Å²) in [6.07, 6.45) is 0. The number of ketones is 1. The Bertz CT molecular complexity index is 905. The largest absolute Gasteiger partial charge is 0.457 e. The van der Waals surface area contributed by atoms with Gasteiger partial charge in [0.15, 0.2) is 5.78 Å². The highest BCUT2D eigenvalue weighted by atomic mass is 32.2. The number of amides is 1. The fourth-order valence-electron chi connectivity index (χ4n) is 3.12. The zero-order chi connectivity index (χ0) is 20.1. The third-order valence-corrected chi connectivity index (χ3v) is 5.40. The number of primary amides is 1. The number of Topliss-reactive ketones (excluding diaryl/α,β-unsaturated/α-hetero) is 1. The highest BCUT2D eigenvalue weighted by molar-refractivity contribution is 8.00. The second kappa shape index (κ2) is 8.86. The molecule has 0 aliphatic carbocycles. The first-order chi connectivity index (χ1) is 12.7. The summed E-state index contributed by atoms with van der Waals surface area (Å²) >= 11 is 1.20. The third-order valence-electron chi connectivity index (χ3n) is 4.31. The lowest BCUT2D eigenvalue weighted by Gasteiger charge is -2.16. The molecule has 0 unspecified atom stereocenters. The molecule has 0 aliphatic rings. The molecule has 0 spiro atoms. The van der Waals surface area contributed by atoms with E-state index in [0.717, 1.165) is 22.3 Å². The number of carbonyl (C=O) groups is 3. The van der Waals surface area contributed by atoms with Gasteiger partial charge in [0, 0.05) is 10.5 Å². The molecule has 2 aromatic carbocycles. The molecule has 1 amide bonds. The van der Waals surface area contributed by atoms with Crippen molar-refractivity contribution in [1.82, 2.24) is 0 Å². The van der Waals surface area contributed by atoms with Crippen molar-refractivity contribution in [2.75, 3.05) is 5.75 Å². The summed E-state index contributed by atoms with van der Waals surface area (Å²) in [4.78, 5) is 36.2. The monoisotopic (exact) mass is 385 g/mol. The van der Waals surface area contributed by atoms with Crippen LogP contribution < -0.4 is 5.73 Å². The molecule has 0 atom stereocenters.